The van der Waals surface area contributed by atoms with Gasteiger partial charge in [-0.25, -0.2) is 0 Å². The summed E-state index contributed by atoms with van der Waals surface area (Å²) in [5, 5.41) is 3.36. The zero-order valence-corrected chi connectivity index (χ0v) is 13.5. The first-order valence-corrected chi connectivity index (χ1v) is 8.80. The van der Waals surface area contributed by atoms with Crippen molar-refractivity contribution >= 4 is 0 Å². The summed E-state index contributed by atoms with van der Waals surface area (Å²) in [6.45, 7) is 7.59. The molecule has 1 aliphatic carbocycles. The Morgan fingerprint density at radius 1 is 1.14 bits per heavy atom. The molecule has 0 atom stereocenters. The van der Waals surface area contributed by atoms with Crippen LogP contribution in [0.3, 0.4) is 0 Å². The van der Waals surface area contributed by atoms with E-state index in [1.54, 1.807) is 0 Å². The SMILES string of the molecule is CCNCc1occc1CN1CCC2(CCCCC2)CC1. The molecule has 0 radical (unpaired) electrons. The van der Waals surface area contributed by atoms with Gasteiger partial charge in [0.1, 0.15) is 5.76 Å². The smallest absolute Gasteiger partial charge is 0.122 e. The van der Waals surface area contributed by atoms with Gasteiger partial charge in [0.05, 0.1) is 12.8 Å². The van der Waals surface area contributed by atoms with Gasteiger partial charge in [-0.15, -0.1) is 0 Å². The van der Waals surface area contributed by atoms with E-state index in [0.717, 1.165) is 25.4 Å². The van der Waals surface area contributed by atoms with E-state index < -0.39 is 0 Å². The minimum Gasteiger partial charge on any atom is -0.468 e. The number of nitrogens with zero attached hydrogens (tertiary/aromatic N) is 1. The first kappa shape index (κ1) is 15.1. The van der Waals surface area contributed by atoms with Gasteiger partial charge in [0.25, 0.3) is 0 Å². The molecule has 1 aromatic rings. The van der Waals surface area contributed by atoms with Crippen LogP contribution in [0, 0.1) is 5.41 Å². The monoisotopic (exact) mass is 290 g/mol. The Morgan fingerprint density at radius 2 is 1.90 bits per heavy atom. The first-order chi connectivity index (χ1) is 10.3. The first-order valence-electron chi connectivity index (χ1n) is 8.80. The molecular weight excluding hydrogens is 260 g/mol. The van der Waals surface area contributed by atoms with Crippen molar-refractivity contribution < 1.29 is 4.42 Å². The maximum Gasteiger partial charge on any atom is 0.122 e. The van der Waals surface area contributed by atoms with Gasteiger partial charge in [0, 0.05) is 12.1 Å². The van der Waals surface area contributed by atoms with Crippen LogP contribution in [0.5, 0.6) is 0 Å². The van der Waals surface area contributed by atoms with E-state index in [1.807, 2.05) is 6.26 Å². The summed E-state index contributed by atoms with van der Waals surface area (Å²) >= 11 is 0. The summed E-state index contributed by atoms with van der Waals surface area (Å²) < 4.78 is 5.63. The Hall–Kier alpha value is -0.800. The van der Waals surface area contributed by atoms with Crippen LogP contribution in [0.25, 0.3) is 0 Å². The van der Waals surface area contributed by atoms with Gasteiger partial charge in [0.15, 0.2) is 0 Å². The normalized spacial score (nSPS) is 22.7. The highest BCUT2D eigenvalue weighted by atomic mass is 16.3. The van der Waals surface area contributed by atoms with Crippen LogP contribution in [-0.4, -0.2) is 24.5 Å². The summed E-state index contributed by atoms with van der Waals surface area (Å²) in [6.07, 6.45) is 12.0. The Balaban J connectivity index is 1.52. The molecule has 2 aliphatic rings. The Bertz CT molecular complexity index is 424. The van der Waals surface area contributed by atoms with Gasteiger partial charge >= 0.3 is 0 Å². The number of nitrogens with one attached hydrogen (secondary N) is 1. The summed E-state index contributed by atoms with van der Waals surface area (Å²) in [4.78, 5) is 2.63. The quantitative estimate of drug-likeness (QED) is 0.890. The van der Waals surface area contributed by atoms with Gasteiger partial charge in [0.2, 0.25) is 0 Å². The number of hydrogen-bond donors (Lipinski definition) is 1. The standard InChI is InChI=1S/C18H30N2O/c1-2-19-14-17-16(6-13-21-17)15-20-11-9-18(10-12-20)7-4-3-5-8-18/h6,13,19H,2-5,7-12,14-15H2,1H3. The molecule has 2 fully saturated rings. The molecule has 0 amide bonds. The number of hydrogen-bond acceptors (Lipinski definition) is 3. The lowest BCUT2D eigenvalue weighted by Gasteiger charge is -2.44. The van der Waals surface area contributed by atoms with Crippen LogP contribution in [0.4, 0.5) is 0 Å². The van der Waals surface area contributed by atoms with Crippen molar-refractivity contribution in [3.05, 3.63) is 23.7 Å². The molecule has 3 rings (SSSR count). The van der Waals surface area contributed by atoms with Gasteiger partial charge in [-0.3, -0.25) is 4.90 Å². The van der Waals surface area contributed by atoms with Gasteiger partial charge in [-0.2, -0.15) is 0 Å². The molecule has 1 N–H and O–H groups in total. The highest BCUT2D eigenvalue weighted by molar-refractivity contribution is 5.17. The third kappa shape index (κ3) is 3.70. The van der Waals surface area contributed by atoms with E-state index in [4.69, 9.17) is 4.42 Å². The molecule has 3 heteroatoms. The van der Waals surface area contributed by atoms with Crippen molar-refractivity contribution in [1.29, 1.82) is 0 Å². The molecule has 1 saturated heterocycles. The Morgan fingerprint density at radius 3 is 2.62 bits per heavy atom. The van der Waals surface area contributed by atoms with E-state index in [2.05, 4.69) is 23.2 Å². The van der Waals surface area contributed by atoms with Crippen molar-refractivity contribution in [3.63, 3.8) is 0 Å². The van der Waals surface area contributed by atoms with Crippen LogP contribution in [0.2, 0.25) is 0 Å². The number of likely N-dealkylation sites (tertiary alicyclic amines) is 1. The second-order valence-corrected chi connectivity index (χ2v) is 6.99. The molecule has 0 bridgehead atoms. The van der Waals surface area contributed by atoms with Crippen LogP contribution in [-0.2, 0) is 13.1 Å². The molecule has 0 unspecified atom stereocenters. The second kappa shape index (κ2) is 6.97. The lowest BCUT2D eigenvalue weighted by Crippen LogP contribution is -2.40. The Kier molecular flexibility index (Phi) is 5.02. The minimum atomic E-state index is 0.706. The maximum atomic E-state index is 5.63. The minimum absolute atomic E-state index is 0.706. The lowest BCUT2D eigenvalue weighted by atomic mass is 9.68. The largest absolute Gasteiger partial charge is 0.468 e. The molecule has 118 valence electrons. The fourth-order valence-electron chi connectivity index (χ4n) is 4.13. The number of piperidine rings is 1. The molecule has 1 saturated carbocycles. The molecule has 0 aromatic carbocycles. The molecule has 2 heterocycles. The average molecular weight is 290 g/mol. The van der Waals surface area contributed by atoms with E-state index in [-0.39, 0.29) is 0 Å². The predicted molar refractivity (Wildman–Crippen MR) is 86.1 cm³/mol. The van der Waals surface area contributed by atoms with E-state index in [1.165, 1.54) is 63.6 Å². The van der Waals surface area contributed by atoms with E-state index in [0.29, 0.717) is 5.41 Å². The summed E-state index contributed by atoms with van der Waals surface area (Å²) in [6, 6.07) is 2.15. The zero-order chi connectivity index (χ0) is 14.5. The highest BCUT2D eigenvalue weighted by Gasteiger charge is 2.35. The predicted octanol–water partition coefficient (Wildman–Crippen LogP) is 3.94. The van der Waals surface area contributed by atoms with Gasteiger partial charge < -0.3 is 9.73 Å². The van der Waals surface area contributed by atoms with Crippen LogP contribution < -0.4 is 5.32 Å². The molecule has 1 spiro atoms. The highest BCUT2D eigenvalue weighted by Crippen LogP contribution is 2.44. The van der Waals surface area contributed by atoms with Gasteiger partial charge in [-0.05, 0) is 56.8 Å². The molecule has 1 aromatic heterocycles. The van der Waals surface area contributed by atoms with Crippen molar-refractivity contribution in [2.75, 3.05) is 19.6 Å². The van der Waals surface area contributed by atoms with Crippen molar-refractivity contribution in [2.45, 2.75) is 65.0 Å². The molecule has 21 heavy (non-hydrogen) atoms. The van der Waals surface area contributed by atoms with E-state index in [9.17, 15) is 0 Å². The fraction of sp³-hybridized carbons (Fsp3) is 0.778. The third-order valence-corrected chi connectivity index (χ3v) is 5.60. The van der Waals surface area contributed by atoms with Gasteiger partial charge in [-0.1, -0.05) is 26.2 Å². The molecular formula is C18H30N2O. The lowest BCUT2D eigenvalue weighted by molar-refractivity contribution is 0.0638. The van der Waals surface area contributed by atoms with E-state index >= 15 is 0 Å². The molecule has 3 nitrogen and oxygen atoms in total. The third-order valence-electron chi connectivity index (χ3n) is 5.60. The van der Waals surface area contributed by atoms with Crippen molar-refractivity contribution in [3.8, 4) is 0 Å². The van der Waals surface area contributed by atoms with Crippen molar-refractivity contribution in [1.82, 2.24) is 10.2 Å². The fourth-order valence-corrected chi connectivity index (χ4v) is 4.13. The van der Waals surface area contributed by atoms with Crippen LogP contribution >= 0.6 is 0 Å². The van der Waals surface area contributed by atoms with Crippen LogP contribution in [0.1, 0.15) is 63.2 Å². The summed E-state index contributed by atoms with van der Waals surface area (Å²) in [5.74, 6) is 1.12. The maximum absolute atomic E-state index is 5.63. The zero-order valence-electron chi connectivity index (χ0n) is 13.5. The summed E-state index contributed by atoms with van der Waals surface area (Å²) in [7, 11) is 0. The second-order valence-electron chi connectivity index (χ2n) is 6.99. The Labute approximate surface area is 129 Å². The number of rotatable bonds is 5. The average Bonchev–Trinajstić information content (AvgIpc) is 2.96. The van der Waals surface area contributed by atoms with Crippen molar-refractivity contribution in [2.24, 2.45) is 5.41 Å². The molecule has 1 aliphatic heterocycles. The number of furan rings is 1. The topological polar surface area (TPSA) is 28.4 Å². The summed E-state index contributed by atoms with van der Waals surface area (Å²) in [5.41, 5.74) is 2.08. The van der Waals surface area contributed by atoms with Crippen LogP contribution in [0.15, 0.2) is 16.7 Å².